The third-order valence-corrected chi connectivity index (χ3v) is 2.19. The Labute approximate surface area is 106 Å². The van der Waals surface area contributed by atoms with Gasteiger partial charge in [0.15, 0.2) is 0 Å². The highest BCUT2D eigenvalue weighted by molar-refractivity contribution is 5.51. The summed E-state index contributed by atoms with van der Waals surface area (Å²) >= 11 is 0. The van der Waals surface area contributed by atoms with Crippen molar-refractivity contribution in [2.45, 2.75) is 0 Å². The Bertz CT molecular complexity index is 621. The monoisotopic (exact) mass is 265 g/mol. The van der Waals surface area contributed by atoms with Crippen LogP contribution in [0.1, 0.15) is 0 Å². The molecule has 0 spiro atoms. The van der Waals surface area contributed by atoms with E-state index in [4.69, 9.17) is 9.47 Å². The van der Waals surface area contributed by atoms with Crippen LogP contribution < -0.4 is 9.47 Å². The van der Waals surface area contributed by atoms with Crippen LogP contribution in [0.5, 0.6) is 17.4 Å². The lowest BCUT2D eigenvalue weighted by atomic mass is 10.3. The lowest BCUT2D eigenvalue weighted by Crippen LogP contribution is -1.96. The number of halogens is 1. The lowest BCUT2D eigenvalue weighted by molar-refractivity contribution is -0.385. The zero-order valence-corrected chi connectivity index (χ0v) is 9.74. The highest BCUT2D eigenvalue weighted by Gasteiger charge is 2.17. The van der Waals surface area contributed by atoms with Gasteiger partial charge in [-0.1, -0.05) is 0 Å². The number of methoxy groups -OCH3 is 1. The van der Waals surface area contributed by atoms with Crippen molar-refractivity contribution in [1.82, 2.24) is 9.97 Å². The first-order valence-electron chi connectivity index (χ1n) is 5.08. The molecule has 2 aromatic rings. The van der Waals surface area contributed by atoms with Crippen LogP contribution in [0, 0.1) is 16.1 Å². The third kappa shape index (κ3) is 2.92. The Morgan fingerprint density at radius 2 is 2.11 bits per heavy atom. The molecule has 0 aliphatic carbocycles. The van der Waals surface area contributed by atoms with E-state index < -0.39 is 10.9 Å². The molecule has 98 valence electrons. The summed E-state index contributed by atoms with van der Waals surface area (Å²) in [5.41, 5.74) is -0.278. The average molecular weight is 265 g/mol. The van der Waals surface area contributed by atoms with Crippen LogP contribution in [0.15, 0.2) is 30.6 Å². The standard InChI is InChI=1S/C11H8FN3O4/c1-18-7-2-3-8(15(16)17)9(4-7)19-11-5-10(12)13-6-14-11/h2-6H,1H3. The first kappa shape index (κ1) is 12.7. The van der Waals surface area contributed by atoms with Crippen molar-refractivity contribution in [3.8, 4) is 17.4 Å². The second kappa shape index (κ2) is 5.25. The smallest absolute Gasteiger partial charge is 0.311 e. The van der Waals surface area contributed by atoms with E-state index in [1.165, 1.54) is 25.3 Å². The zero-order valence-electron chi connectivity index (χ0n) is 9.74. The molecular formula is C11H8FN3O4. The third-order valence-electron chi connectivity index (χ3n) is 2.19. The largest absolute Gasteiger partial charge is 0.497 e. The molecule has 0 N–H and O–H groups in total. The molecule has 0 atom stereocenters. The minimum atomic E-state index is -0.796. The molecule has 8 heteroatoms. The topological polar surface area (TPSA) is 87.4 Å². The van der Waals surface area contributed by atoms with Gasteiger partial charge < -0.3 is 9.47 Å². The van der Waals surface area contributed by atoms with E-state index >= 15 is 0 Å². The Morgan fingerprint density at radius 3 is 2.74 bits per heavy atom. The number of rotatable bonds is 4. The van der Waals surface area contributed by atoms with E-state index in [9.17, 15) is 14.5 Å². The maximum atomic E-state index is 12.9. The Balaban J connectivity index is 2.39. The van der Waals surface area contributed by atoms with Crippen molar-refractivity contribution < 1.29 is 18.8 Å². The SMILES string of the molecule is COc1ccc([N+](=O)[O-])c(Oc2cc(F)ncn2)c1. The molecule has 7 nitrogen and oxygen atoms in total. The number of nitrogens with zero attached hydrogens (tertiary/aromatic N) is 3. The van der Waals surface area contributed by atoms with E-state index in [0.717, 1.165) is 12.4 Å². The van der Waals surface area contributed by atoms with Crippen molar-refractivity contribution >= 4 is 5.69 Å². The summed E-state index contributed by atoms with van der Waals surface area (Å²) < 4.78 is 23.0. The van der Waals surface area contributed by atoms with Gasteiger partial charge in [0.05, 0.1) is 18.1 Å². The second-order valence-electron chi connectivity index (χ2n) is 3.37. The molecule has 1 aromatic heterocycles. The molecular weight excluding hydrogens is 257 g/mol. The lowest BCUT2D eigenvalue weighted by Gasteiger charge is -2.06. The van der Waals surface area contributed by atoms with Gasteiger partial charge in [-0.25, -0.2) is 9.97 Å². The van der Waals surface area contributed by atoms with Gasteiger partial charge in [-0.15, -0.1) is 0 Å². The summed E-state index contributed by atoms with van der Waals surface area (Å²) in [6.45, 7) is 0. The summed E-state index contributed by atoms with van der Waals surface area (Å²) in [7, 11) is 1.41. The van der Waals surface area contributed by atoms with Gasteiger partial charge in [0.25, 0.3) is 0 Å². The Hall–Kier alpha value is -2.77. The highest BCUT2D eigenvalue weighted by atomic mass is 19.1. The fourth-order valence-corrected chi connectivity index (χ4v) is 1.34. The number of hydrogen-bond donors (Lipinski definition) is 0. The van der Waals surface area contributed by atoms with Crippen LogP contribution >= 0.6 is 0 Å². The molecule has 2 rings (SSSR count). The van der Waals surface area contributed by atoms with Gasteiger partial charge in [0.1, 0.15) is 12.1 Å². The second-order valence-corrected chi connectivity index (χ2v) is 3.37. The summed E-state index contributed by atoms with van der Waals surface area (Å²) in [6, 6.07) is 4.89. The summed E-state index contributed by atoms with van der Waals surface area (Å²) in [6.07, 6.45) is 0.955. The van der Waals surface area contributed by atoms with Crippen molar-refractivity contribution in [2.24, 2.45) is 0 Å². The number of ether oxygens (including phenoxy) is 2. The minimum absolute atomic E-state index is 0.0950. The quantitative estimate of drug-likeness (QED) is 0.479. The number of aromatic nitrogens is 2. The van der Waals surface area contributed by atoms with Gasteiger partial charge in [0, 0.05) is 12.1 Å². The number of hydrogen-bond acceptors (Lipinski definition) is 6. The van der Waals surface area contributed by atoms with E-state index in [2.05, 4.69) is 9.97 Å². The van der Waals surface area contributed by atoms with Gasteiger partial charge in [0.2, 0.25) is 17.6 Å². The van der Waals surface area contributed by atoms with Crippen LogP contribution in [-0.2, 0) is 0 Å². The van der Waals surface area contributed by atoms with E-state index in [1.54, 1.807) is 0 Å². The number of nitro groups is 1. The Morgan fingerprint density at radius 1 is 1.32 bits per heavy atom. The van der Waals surface area contributed by atoms with Crippen molar-refractivity contribution in [1.29, 1.82) is 0 Å². The van der Waals surface area contributed by atoms with Gasteiger partial charge in [-0.05, 0) is 6.07 Å². The van der Waals surface area contributed by atoms with Gasteiger partial charge in [-0.3, -0.25) is 10.1 Å². The minimum Gasteiger partial charge on any atom is -0.497 e. The Kier molecular flexibility index (Phi) is 3.51. The van der Waals surface area contributed by atoms with Crippen LogP contribution in [0.3, 0.4) is 0 Å². The molecule has 0 aliphatic rings. The van der Waals surface area contributed by atoms with E-state index in [0.29, 0.717) is 5.75 Å². The summed E-state index contributed by atoms with van der Waals surface area (Å²) in [4.78, 5) is 17.1. The molecule has 1 aromatic carbocycles. The first-order chi connectivity index (χ1) is 9.10. The number of benzene rings is 1. The van der Waals surface area contributed by atoms with Crippen molar-refractivity contribution in [3.63, 3.8) is 0 Å². The summed E-state index contributed by atoms with van der Waals surface area (Å²) in [5, 5.41) is 10.9. The molecule has 0 amide bonds. The normalized spacial score (nSPS) is 10.0. The van der Waals surface area contributed by atoms with Gasteiger partial charge in [-0.2, -0.15) is 4.39 Å². The number of nitro benzene ring substituents is 1. The molecule has 0 unspecified atom stereocenters. The maximum absolute atomic E-state index is 12.9. The first-order valence-corrected chi connectivity index (χ1v) is 5.08. The zero-order chi connectivity index (χ0) is 13.8. The molecule has 0 radical (unpaired) electrons. The van der Waals surface area contributed by atoms with Crippen LogP contribution in [0.25, 0.3) is 0 Å². The van der Waals surface area contributed by atoms with Crippen LogP contribution in [0.4, 0.5) is 10.1 Å². The molecule has 0 saturated carbocycles. The highest BCUT2D eigenvalue weighted by Crippen LogP contribution is 2.33. The fourth-order valence-electron chi connectivity index (χ4n) is 1.34. The fraction of sp³-hybridized carbons (Fsp3) is 0.0909. The molecule has 0 saturated heterocycles. The van der Waals surface area contributed by atoms with E-state index in [-0.39, 0.29) is 17.3 Å². The van der Waals surface area contributed by atoms with Crippen LogP contribution in [0.2, 0.25) is 0 Å². The molecule has 1 heterocycles. The summed E-state index contributed by atoms with van der Waals surface area (Å²) in [5.74, 6) is -0.656. The van der Waals surface area contributed by atoms with Crippen LogP contribution in [-0.4, -0.2) is 22.0 Å². The molecule has 0 fully saturated rings. The predicted octanol–water partition coefficient (Wildman–Crippen LogP) is 2.32. The molecule has 0 aliphatic heterocycles. The van der Waals surface area contributed by atoms with Crippen molar-refractivity contribution in [2.75, 3.05) is 7.11 Å². The maximum Gasteiger partial charge on any atom is 0.311 e. The molecule has 19 heavy (non-hydrogen) atoms. The predicted molar refractivity (Wildman–Crippen MR) is 61.7 cm³/mol. The average Bonchev–Trinajstić information content (AvgIpc) is 2.38. The van der Waals surface area contributed by atoms with Crippen molar-refractivity contribution in [3.05, 3.63) is 46.7 Å². The molecule has 0 bridgehead atoms. The van der Waals surface area contributed by atoms with E-state index in [1.807, 2.05) is 0 Å². The van der Waals surface area contributed by atoms with Gasteiger partial charge >= 0.3 is 5.69 Å².